The molecule has 1 saturated heterocycles. The minimum atomic E-state index is -0.518. The van der Waals surface area contributed by atoms with E-state index in [4.69, 9.17) is 16.3 Å². The zero-order chi connectivity index (χ0) is 24.2. The summed E-state index contributed by atoms with van der Waals surface area (Å²) in [5.74, 6) is -0.291. The summed E-state index contributed by atoms with van der Waals surface area (Å²) in [5, 5.41) is 7.56. The summed E-state index contributed by atoms with van der Waals surface area (Å²) in [6.45, 7) is 9.45. The van der Waals surface area contributed by atoms with Crippen molar-refractivity contribution in [3.63, 3.8) is 0 Å². The fourth-order valence-corrected chi connectivity index (χ4v) is 4.27. The minimum absolute atomic E-state index is 0.253. The van der Waals surface area contributed by atoms with Crippen LogP contribution in [-0.2, 0) is 11.3 Å². The molecule has 7 nitrogen and oxygen atoms in total. The second kappa shape index (κ2) is 10.5. The molecule has 180 valence electrons. The molecule has 0 spiro atoms. The van der Waals surface area contributed by atoms with E-state index in [1.165, 1.54) is 12.1 Å². The Hall–Kier alpha value is -2.61. The SMILES string of the molecule is Cc1nn(Cc2ccc(F)cc2)c(Cl)c1C(=O)NCCC1CCCN(C(=O)OC(C)(C)C)C1. The van der Waals surface area contributed by atoms with Crippen LogP contribution in [0.1, 0.15) is 61.6 Å². The van der Waals surface area contributed by atoms with E-state index in [0.29, 0.717) is 43.4 Å². The van der Waals surface area contributed by atoms with Crippen LogP contribution in [0.25, 0.3) is 0 Å². The Morgan fingerprint density at radius 1 is 1.27 bits per heavy atom. The summed E-state index contributed by atoms with van der Waals surface area (Å²) in [7, 11) is 0. The van der Waals surface area contributed by atoms with Crippen molar-refractivity contribution in [1.82, 2.24) is 20.0 Å². The van der Waals surface area contributed by atoms with Crippen LogP contribution in [0.4, 0.5) is 9.18 Å². The monoisotopic (exact) mass is 478 g/mol. The first-order valence-corrected chi connectivity index (χ1v) is 11.6. The number of piperidine rings is 1. The molecule has 0 saturated carbocycles. The number of likely N-dealkylation sites (tertiary alicyclic amines) is 1. The van der Waals surface area contributed by atoms with Crippen LogP contribution in [0, 0.1) is 18.7 Å². The van der Waals surface area contributed by atoms with E-state index in [2.05, 4.69) is 10.4 Å². The van der Waals surface area contributed by atoms with Gasteiger partial charge in [-0.3, -0.25) is 4.79 Å². The number of hydrogen-bond donors (Lipinski definition) is 1. The van der Waals surface area contributed by atoms with Gasteiger partial charge in [0.15, 0.2) is 0 Å². The van der Waals surface area contributed by atoms with E-state index in [1.807, 2.05) is 20.8 Å². The topological polar surface area (TPSA) is 76.5 Å². The lowest BCUT2D eigenvalue weighted by atomic mass is 9.95. The van der Waals surface area contributed by atoms with Gasteiger partial charge < -0.3 is 15.0 Å². The van der Waals surface area contributed by atoms with Crippen LogP contribution in [-0.4, -0.2) is 51.9 Å². The average molecular weight is 479 g/mol. The zero-order valence-electron chi connectivity index (χ0n) is 19.7. The van der Waals surface area contributed by atoms with Crippen LogP contribution in [0.2, 0.25) is 5.15 Å². The van der Waals surface area contributed by atoms with Crippen LogP contribution >= 0.6 is 11.6 Å². The van der Waals surface area contributed by atoms with Crippen molar-refractivity contribution >= 4 is 23.6 Å². The van der Waals surface area contributed by atoms with E-state index >= 15 is 0 Å². The van der Waals surface area contributed by atoms with E-state index in [-0.39, 0.29) is 23.0 Å². The molecule has 1 aromatic carbocycles. The number of nitrogens with zero attached hydrogens (tertiary/aromatic N) is 3. The molecule has 1 aromatic heterocycles. The molecule has 0 aliphatic carbocycles. The number of aromatic nitrogens is 2. The Bertz CT molecular complexity index is 985. The van der Waals surface area contributed by atoms with Crippen LogP contribution in [0.3, 0.4) is 0 Å². The normalized spacial score (nSPS) is 16.5. The van der Waals surface area contributed by atoms with Crippen molar-refractivity contribution < 1.29 is 18.7 Å². The molecule has 0 radical (unpaired) electrons. The van der Waals surface area contributed by atoms with Gasteiger partial charge >= 0.3 is 6.09 Å². The summed E-state index contributed by atoms with van der Waals surface area (Å²) in [4.78, 5) is 26.9. The predicted molar refractivity (Wildman–Crippen MR) is 125 cm³/mol. The van der Waals surface area contributed by atoms with E-state index in [9.17, 15) is 14.0 Å². The third-order valence-electron chi connectivity index (χ3n) is 5.55. The lowest BCUT2D eigenvalue weighted by molar-refractivity contribution is 0.0161. The van der Waals surface area contributed by atoms with Gasteiger partial charge in [0.25, 0.3) is 5.91 Å². The molecular weight excluding hydrogens is 447 g/mol. The number of carbonyl (C=O) groups is 2. The molecule has 1 atom stereocenters. The number of hydrogen-bond acceptors (Lipinski definition) is 4. The predicted octanol–water partition coefficient (Wildman–Crippen LogP) is 4.80. The van der Waals surface area contributed by atoms with Gasteiger partial charge in [0.2, 0.25) is 0 Å². The summed E-state index contributed by atoms with van der Waals surface area (Å²) in [6.07, 6.45) is 2.39. The van der Waals surface area contributed by atoms with Crippen molar-refractivity contribution in [2.24, 2.45) is 5.92 Å². The summed E-state index contributed by atoms with van der Waals surface area (Å²) >= 11 is 6.45. The number of halogens is 2. The number of rotatable bonds is 6. The van der Waals surface area contributed by atoms with E-state index < -0.39 is 5.60 Å². The molecule has 3 rings (SSSR count). The third-order valence-corrected chi connectivity index (χ3v) is 5.93. The van der Waals surface area contributed by atoms with Gasteiger partial charge in [-0.2, -0.15) is 5.10 Å². The Balaban J connectivity index is 1.53. The second-order valence-corrected chi connectivity index (χ2v) is 9.87. The first-order chi connectivity index (χ1) is 15.5. The van der Waals surface area contributed by atoms with Gasteiger partial charge in [-0.25, -0.2) is 13.9 Å². The summed E-state index contributed by atoms with van der Waals surface area (Å²) < 4.78 is 20.1. The molecule has 1 N–H and O–H groups in total. The molecule has 2 heterocycles. The molecule has 1 aliphatic rings. The van der Waals surface area contributed by atoms with Crippen molar-refractivity contribution in [3.8, 4) is 0 Å². The third kappa shape index (κ3) is 6.93. The lowest BCUT2D eigenvalue weighted by Gasteiger charge is -2.34. The van der Waals surface area contributed by atoms with Gasteiger partial charge in [0.1, 0.15) is 16.6 Å². The maximum Gasteiger partial charge on any atom is 0.410 e. The summed E-state index contributed by atoms with van der Waals surface area (Å²) in [6, 6.07) is 6.07. The lowest BCUT2D eigenvalue weighted by Crippen LogP contribution is -2.43. The Morgan fingerprint density at radius 2 is 1.97 bits per heavy atom. The van der Waals surface area contributed by atoms with Gasteiger partial charge in [-0.15, -0.1) is 0 Å². The molecule has 33 heavy (non-hydrogen) atoms. The van der Waals surface area contributed by atoms with Crippen molar-refractivity contribution in [3.05, 3.63) is 52.1 Å². The van der Waals surface area contributed by atoms with Crippen molar-refractivity contribution in [2.45, 2.75) is 59.1 Å². The van der Waals surface area contributed by atoms with Crippen LogP contribution in [0.5, 0.6) is 0 Å². The van der Waals surface area contributed by atoms with Gasteiger partial charge in [-0.05, 0) is 70.6 Å². The first-order valence-electron chi connectivity index (χ1n) is 11.3. The van der Waals surface area contributed by atoms with Crippen molar-refractivity contribution in [1.29, 1.82) is 0 Å². The second-order valence-electron chi connectivity index (χ2n) is 9.51. The highest BCUT2D eigenvalue weighted by atomic mass is 35.5. The molecule has 2 aromatic rings. The molecule has 1 fully saturated rings. The minimum Gasteiger partial charge on any atom is -0.444 e. The van der Waals surface area contributed by atoms with Crippen LogP contribution < -0.4 is 5.32 Å². The van der Waals surface area contributed by atoms with Gasteiger partial charge in [0, 0.05) is 19.6 Å². The van der Waals surface area contributed by atoms with E-state index in [1.54, 1.807) is 28.6 Å². The average Bonchev–Trinajstić information content (AvgIpc) is 3.01. The standard InChI is InChI=1S/C24H32ClFN4O3/c1-16-20(21(25)30(28-16)15-18-7-9-19(26)10-8-18)22(31)27-12-11-17-6-5-13-29(14-17)23(32)33-24(2,3)4/h7-10,17H,5-6,11-15H2,1-4H3,(H,27,31). The van der Waals surface area contributed by atoms with Crippen molar-refractivity contribution in [2.75, 3.05) is 19.6 Å². The van der Waals surface area contributed by atoms with Gasteiger partial charge in [-0.1, -0.05) is 23.7 Å². The number of aryl methyl sites for hydroxylation is 1. The fourth-order valence-electron chi connectivity index (χ4n) is 3.95. The number of carbonyl (C=O) groups excluding carboxylic acids is 2. The quantitative estimate of drug-likeness (QED) is 0.647. The molecule has 2 amide bonds. The number of nitrogens with one attached hydrogen (secondary N) is 1. The maximum absolute atomic E-state index is 13.1. The maximum atomic E-state index is 13.1. The van der Waals surface area contributed by atoms with E-state index in [0.717, 1.165) is 24.8 Å². The van der Waals surface area contributed by atoms with Crippen LogP contribution in [0.15, 0.2) is 24.3 Å². The number of ether oxygens (including phenoxy) is 1. The molecule has 1 unspecified atom stereocenters. The Morgan fingerprint density at radius 3 is 2.64 bits per heavy atom. The number of benzene rings is 1. The highest BCUT2D eigenvalue weighted by molar-refractivity contribution is 6.33. The highest BCUT2D eigenvalue weighted by Gasteiger charge is 2.28. The zero-order valence-corrected chi connectivity index (χ0v) is 20.4. The fraction of sp³-hybridized carbons (Fsp3) is 0.542. The smallest absolute Gasteiger partial charge is 0.410 e. The largest absolute Gasteiger partial charge is 0.444 e. The first kappa shape index (κ1) is 25.0. The Labute approximate surface area is 199 Å². The summed E-state index contributed by atoms with van der Waals surface area (Å²) in [5.41, 5.74) is 1.20. The highest BCUT2D eigenvalue weighted by Crippen LogP contribution is 2.23. The molecule has 1 aliphatic heterocycles. The Kier molecular flexibility index (Phi) is 8.00. The molecule has 0 bridgehead atoms. The molecular formula is C24H32ClFN4O3. The number of amides is 2. The molecule has 9 heteroatoms. The van der Waals surface area contributed by atoms with Gasteiger partial charge in [0.05, 0.1) is 17.8 Å².